The lowest BCUT2D eigenvalue weighted by atomic mass is 9.88. The van der Waals surface area contributed by atoms with Crippen molar-refractivity contribution in [3.05, 3.63) is 18.0 Å². The van der Waals surface area contributed by atoms with Crippen molar-refractivity contribution in [2.75, 3.05) is 19.8 Å². The molecule has 1 unspecified atom stereocenters. The highest BCUT2D eigenvalue weighted by Gasteiger charge is 2.25. The summed E-state index contributed by atoms with van der Waals surface area (Å²) in [5.74, 6) is 0.680. The molecule has 1 atom stereocenters. The maximum atomic E-state index is 5.47. The monoisotopic (exact) mass is 251 g/mol. The van der Waals surface area contributed by atoms with E-state index in [1.165, 1.54) is 12.0 Å². The van der Waals surface area contributed by atoms with Crippen LogP contribution in [0, 0.1) is 5.92 Å². The molecule has 1 aliphatic heterocycles. The Kier molecular flexibility index (Phi) is 5.20. The van der Waals surface area contributed by atoms with Crippen molar-refractivity contribution < 1.29 is 4.74 Å². The van der Waals surface area contributed by atoms with Gasteiger partial charge in [-0.1, -0.05) is 6.92 Å². The summed E-state index contributed by atoms with van der Waals surface area (Å²) < 4.78 is 7.48. The number of aryl methyl sites for hydroxylation is 1. The SMILES string of the molecule is CCCNC(c1cnn(CC)c1)C1CCOCC1. The lowest BCUT2D eigenvalue weighted by Gasteiger charge is -2.30. The third kappa shape index (κ3) is 3.33. The Hall–Kier alpha value is -0.870. The van der Waals surface area contributed by atoms with Gasteiger partial charge in [0.25, 0.3) is 0 Å². The van der Waals surface area contributed by atoms with Gasteiger partial charge in [-0.25, -0.2) is 0 Å². The van der Waals surface area contributed by atoms with Gasteiger partial charge in [0.1, 0.15) is 0 Å². The second-order valence-electron chi connectivity index (χ2n) is 5.01. The average molecular weight is 251 g/mol. The van der Waals surface area contributed by atoms with Crippen molar-refractivity contribution in [1.29, 1.82) is 0 Å². The molecule has 1 fully saturated rings. The lowest BCUT2D eigenvalue weighted by Crippen LogP contribution is -2.32. The van der Waals surface area contributed by atoms with Gasteiger partial charge in [-0.3, -0.25) is 4.68 Å². The molecule has 4 heteroatoms. The Morgan fingerprint density at radius 2 is 2.22 bits per heavy atom. The van der Waals surface area contributed by atoms with Crippen LogP contribution < -0.4 is 5.32 Å². The van der Waals surface area contributed by atoms with E-state index in [-0.39, 0.29) is 0 Å². The third-order valence-electron chi connectivity index (χ3n) is 3.69. The maximum absolute atomic E-state index is 5.47. The van der Waals surface area contributed by atoms with E-state index >= 15 is 0 Å². The fraction of sp³-hybridized carbons (Fsp3) is 0.786. The summed E-state index contributed by atoms with van der Waals surface area (Å²) in [6.45, 7) is 8.14. The summed E-state index contributed by atoms with van der Waals surface area (Å²) in [4.78, 5) is 0. The molecule has 0 amide bonds. The predicted molar refractivity (Wildman–Crippen MR) is 72.5 cm³/mol. The topological polar surface area (TPSA) is 39.1 Å². The average Bonchev–Trinajstić information content (AvgIpc) is 2.89. The zero-order valence-corrected chi connectivity index (χ0v) is 11.6. The molecule has 2 heterocycles. The number of ether oxygens (including phenoxy) is 1. The number of nitrogens with one attached hydrogen (secondary N) is 1. The first kappa shape index (κ1) is 13.6. The smallest absolute Gasteiger partial charge is 0.0537 e. The molecule has 4 nitrogen and oxygen atoms in total. The van der Waals surface area contributed by atoms with Crippen molar-refractivity contribution in [2.24, 2.45) is 5.92 Å². The summed E-state index contributed by atoms with van der Waals surface area (Å²) in [6.07, 6.45) is 7.67. The van der Waals surface area contributed by atoms with E-state index in [0.717, 1.165) is 39.1 Å². The highest BCUT2D eigenvalue weighted by molar-refractivity contribution is 5.12. The number of aromatic nitrogens is 2. The quantitative estimate of drug-likeness (QED) is 0.843. The van der Waals surface area contributed by atoms with Gasteiger partial charge < -0.3 is 10.1 Å². The van der Waals surface area contributed by atoms with Crippen molar-refractivity contribution in [2.45, 2.75) is 45.7 Å². The Labute approximate surface area is 110 Å². The molecule has 0 saturated carbocycles. The molecule has 0 spiro atoms. The Bertz CT molecular complexity index is 345. The van der Waals surface area contributed by atoms with Crippen LogP contribution in [0.15, 0.2) is 12.4 Å². The highest BCUT2D eigenvalue weighted by Crippen LogP contribution is 2.29. The molecule has 0 aromatic carbocycles. The van der Waals surface area contributed by atoms with Gasteiger partial charge in [0.15, 0.2) is 0 Å². The highest BCUT2D eigenvalue weighted by atomic mass is 16.5. The molecule has 1 aliphatic rings. The molecular weight excluding hydrogens is 226 g/mol. The van der Waals surface area contributed by atoms with Crippen LogP contribution >= 0.6 is 0 Å². The van der Waals surface area contributed by atoms with Crippen LogP contribution in [0.2, 0.25) is 0 Å². The van der Waals surface area contributed by atoms with E-state index in [1.807, 2.05) is 10.9 Å². The van der Waals surface area contributed by atoms with Crippen molar-refractivity contribution in [1.82, 2.24) is 15.1 Å². The molecule has 0 bridgehead atoms. The molecule has 0 aliphatic carbocycles. The van der Waals surface area contributed by atoms with Crippen LogP contribution in [0.25, 0.3) is 0 Å². The van der Waals surface area contributed by atoms with Crippen LogP contribution in [0.1, 0.15) is 44.7 Å². The number of hydrogen-bond donors (Lipinski definition) is 1. The third-order valence-corrected chi connectivity index (χ3v) is 3.69. The molecule has 102 valence electrons. The van der Waals surface area contributed by atoms with E-state index in [0.29, 0.717) is 12.0 Å². The first-order valence-corrected chi connectivity index (χ1v) is 7.18. The standard InChI is InChI=1S/C14H25N3O/c1-3-7-15-14(12-5-8-18-9-6-12)13-10-16-17(4-2)11-13/h10-12,14-15H,3-9H2,1-2H3. The minimum Gasteiger partial charge on any atom is -0.381 e. The fourth-order valence-corrected chi connectivity index (χ4v) is 2.62. The van der Waals surface area contributed by atoms with E-state index in [4.69, 9.17) is 4.74 Å². The van der Waals surface area contributed by atoms with E-state index in [9.17, 15) is 0 Å². The number of hydrogen-bond acceptors (Lipinski definition) is 3. The van der Waals surface area contributed by atoms with Gasteiger partial charge in [-0.05, 0) is 38.6 Å². The van der Waals surface area contributed by atoms with Gasteiger partial charge in [0.05, 0.1) is 6.20 Å². The van der Waals surface area contributed by atoms with Gasteiger partial charge in [-0.2, -0.15) is 5.10 Å². The largest absolute Gasteiger partial charge is 0.381 e. The van der Waals surface area contributed by atoms with Crippen LogP contribution in [-0.2, 0) is 11.3 Å². The van der Waals surface area contributed by atoms with E-state index < -0.39 is 0 Å². The summed E-state index contributed by atoms with van der Waals surface area (Å²) in [5, 5.41) is 8.09. The van der Waals surface area contributed by atoms with Gasteiger partial charge in [0, 0.05) is 37.6 Å². The Morgan fingerprint density at radius 3 is 2.83 bits per heavy atom. The zero-order chi connectivity index (χ0) is 12.8. The van der Waals surface area contributed by atoms with Gasteiger partial charge >= 0.3 is 0 Å². The minimum absolute atomic E-state index is 0.439. The van der Waals surface area contributed by atoms with Crippen molar-refractivity contribution in [3.63, 3.8) is 0 Å². The fourth-order valence-electron chi connectivity index (χ4n) is 2.62. The first-order valence-electron chi connectivity index (χ1n) is 7.18. The molecule has 1 N–H and O–H groups in total. The number of nitrogens with zero attached hydrogens (tertiary/aromatic N) is 2. The predicted octanol–water partition coefficient (Wildman–Crippen LogP) is 2.37. The zero-order valence-electron chi connectivity index (χ0n) is 11.6. The van der Waals surface area contributed by atoms with Crippen molar-refractivity contribution in [3.8, 4) is 0 Å². The van der Waals surface area contributed by atoms with Crippen LogP contribution in [-0.4, -0.2) is 29.5 Å². The Morgan fingerprint density at radius 1 is 1.44 bits per heavy atom. The first-order chi connectivity index (χ1) is 8.85. The summed E-state index contributed by atoms with van der Waals surface area (Å²) in [6, 6.07) is 0.439. The maximum Gasteiger partial charge on any atom is 0.0537 e. The van der Waals surface area contributed by atoms with Crippen LogP contribution in [0.5, 0.6) is 0 Å². The number of rotatable bonds is 6. The molecule has 1 saturated heterocycles. The summed E-state index contributed by atoms with van der Waals surface area (Å²) in [5.41, 5.74) is 1.33. The molecule has 18 heavy (non-hydrogen) atoms. The lowest BCUT2D eigenvalue weighted by molar-refractivity contribution is 0.0536. The molecular formula is C14H25N3O. The normalized spacial score (nSPS) is 19.0. The summed E-state index contributed by atoms with van der Waals surface area (Å²) >= 11 is 0. The minimum atomic E-state index is 0.439. The molecule has 0 radical (unpaired) electrons. The second kappa shape index (κ2) is 6.90. The van der Waals surface area contributed by atoms with E-state index in [2.05, 4.69) is 30.5 Å². The van der Waals surface area contributed by atoms with Crippen LogP contribution in [0.3, 0.4) is 0 Å². The van der Waals surface area contributed by atoms with Gasteiger partial charge in [0.2, 0.25) is 0 Å². The molecule has 1 aromatic heterocycles. The van der Waals surface area contributed by atoms with Crippen LogP contribution in [0.4, 0.5) is 0 Å². The molecule has 1 aromatic rings. The summed E-state index contributed by atoms with van der Waals surface area (Å²) in [7, 11) is 0. The van der Waals surface area contributed by atoms with E-state index in [1.54, 1.807) is 0 Å². The second-order valence-corrected chi connectivity index (χ2v) is 5.01. The van der Waals surface area contributed by atoms with Gasteiger partial charge in [-0.15, -0.1) is 0 Å². The molecule has 2 rings (SSSR count). The van der Waals surface area contributed by atoms with Crippen molar-refractivity contribution >= 4 is 0 Å². The Balaban J connectivity index is 2.07.